The molecule has 3 aromatic carbocycles. The van der Waals surface area contributed by atoms with Crippen molar-refractivity contribution in [3.63, 3.8) is 0 Å². The first kappa shape index (κ1) is 22.7. The van der Waals surface area contributed by atoms with Crippen molar-refractivity contribution in [3.05, 3.63) is 90.0 Å². The van der Waals surface area contributed by atoms with Crippen LogP contribution in [-0.2, 0) is 12.8 Å². The van der Waals surface area contributed by atoms with Gasteiger partial charge in [-0.1, -0.05) is 66.7 Å². The predicted molar refractivity (Wildman–Crippen MR) is 127 cm³/mol. The van der Waals surface area contributed by atoms with Crippen LogP contribution in [0.4, 0.5) is 11.4 Å². The molecule has 2 unspecified atom stereocenters. The molecule has 0 radical (unpaired) electrons. The Morgan fingerprint density at radius 1 is 0.613 bits per heavy atom. The van der Waals surface area contributed by atoms with Crippen molar-refractivity contribution in [1.82, 2.24) is 0 Å². The minimum Gasteiger partial charge on any atom is -0.506 e. The predicted octanol–water partition coefficient (Wildman–Crippen LogP) is 4.20. The van der Waals surface area contributed by atoms with E-state index in [0.29, 0.717) is 37.3 Å². The summed E-state index contributed by atoms with van der Waals surface area (Å²) in [4.78, 5) is 0. The Morgan fingerprint density at radius 2 is 1.13 bits per heavy atom. The van der Waals surface area contributed by atoms with Crippen molar-refractivity contribution >= 4 is 11.4 Å². The van der Waals surface area contributed by atoms with Crippen molar-refractivity contribution in [2.45, 2.75) is 37.9 Å². The molecule has 5 heteroatoms. The summed E-state index contributed by atoms with van der Waals surface area (Å²) in [5.74, 6) is 0.110. The number of phenolic OH excluding ortho intramolecular Hbond substituents is 1. The third kappa shape index (κ3) is 7.63. The first-order valence-corrected chi connectivity index (χ1v) is 10.9. The normalized spacial score (nSPS) is 12.8. The van der Waals surface area contributed by atoms with E-state index in [1.165, 1.54) is 11.1 Å². The van der Waals surface area contributed by atoms with E-state index in [4.69, 9.17) is 0 Å². The Kier molecular flexibility index (Phi) is 8.76. The minimum absolute atomic E-state index is 0.110. The molecule has 0 aliphatic heterocycles. The highest BCUT2D eigenvalue weighted by Crippen LogP contribution is 2.31. The van der Waals surface area contributed by atoms with Crippen LogP contribution in [0.1, 0.15) is 24.0 Å². The Morgan fingerprint density at radius 3 is 1.68 bits per heavy atom. The molecule has 0 saturated heterocycles. The molecule has 0 saturated carbocycles. The Hall–Kier alpha value is -3.02. The lowest BCUT2D eigenvalue weighted by atomic mass is 10.1. The van der Waals surface area contributed by atoms with Gasteiger partial charge in [0.05, 0.1) is 17.9 Å². The second kappa shape index (κ2) is 12.0. The van der Waals surface area contributed by atoms with E-state index in [-0.39, 0.29) is 5.75 Å². The van der Waals surface area contributed by atoms with Crippen LogP contribution in [0.15, 0.2) is 78.9 Å². The zero-order chi connectivity index (χ0) is 21.9. The van der Waals surface area contributed by atoms with Crippen molar-refractivity contribution in [1.29, 1.82) is 0 Å². The maximum absolute atomic E-state index is 10.3. The number of aryl methyl sites for hydroxylation is 2. The summed E-state index contributed by atoms with van der Waals surface area (Å²) < 4.78 is 0. The van der Waals surface area contributed by atoms with Gasteiger partial charge >= 0.3 is 0 Å². The summed E-state index contributed by atoms with van der Waals surface area (Å²) in [6.45, 7) is 0.706. The van der Waals surface area contributed by atoms with Crippen LogP contribution in [0.2, 0.25) is 0 Å². The second-order valence-corrected chi connectivity index (χ2v) is 7.82. The highest BCUT2D eigenvalue weighted by atomic mass is 16.3. The smallest absolute Gasteiger partial charge is 0.140 e. The molecule has 0 heterocycles. The quantitative estimate of drug-likeness (QED) is 0.284. The Bertz CT molecular complexity index is 903. The fourth-order valence-electron chi connectivity index (χ4n) is 3.48. The van der Waals surface area contributed by atoms with Gasteiger partial charge in [-0.05, 0) is 48.9 Å². The molecular formula is C26H32N2O3. The summed E-state index contributed by atoms with van der Waals surface area (Å²) in [7, 11) is 0. The van der Waals surface area contributed by atoms with Crippen LogP contribution in [0.3, 0.4) is 0 Å². The van der Waals surface area contributed by atoms with E-state index in [0.717, 1.165) is 12.8 Å². The van der Waals surface area contributed by atoms with Gasteiger partial charge in [-0.15, -0.1) is 0 Å². The van der Waals surface area contributed by atoms with Gasteiger partial charge in [-0.25, -0.2) is 0 Å². The maximum atomic E-state index is 10.3. The number of rotatable bonds is 12. The molecule has 31 heavy (non-hydrogen) atoms. The fraction of sp³-hybridized carbons (Fsp3) is 0.308. The third-order valence-corrected chi connectivity index (χ3v) is 5.30. The average Bonchev–Trinajstić information content (AvgIpc) is 2.80. The van der Waals surface area contributed by atoms with E-state index in [1.54, 1.807) is 12.1 Å². The third-order valence-electron chi connectivity index (χ3n) is 5.30. The molecule has 3 aromatic rings. The van der Waals surface area contributed by atoms with Crippen LogP contribution in [0.25, 0.3) is 0 Å². The average molecular weight is 421 g/mol. The molecular weight excluding hydrogens is 388 g/mol. The van der Waals surface area contributed by atoms with Gasteiger partial charge in [0, 0.05) is 13.1 Å². The molecule has 0 bridgehead atoms. The SMILES string of the molecule is Oc1cccc(NCC(O)CCc2ccccc2)c1NCC(O)CCc1ccccc1. The van der Waals surface area contributed by atoms with Crippen LogP contribution in [0.5, 0.6) is 5.75 Å². The summed E-state index contributed by atoms with van der Waals surface area (Å²) in [6.07, 6.45) is 1.84. The molecule has 5 N–H and O–H groups in total. The zero-order valence-corrected chi connectivity index (χ0v) is 17.7. The van der Waals surface area contributed by atoms with Crippen LogP contribution >= 0.6 is 0 Å². The number of benzene rings is 3. The molecule has 5 nitrogen and oxygen atoms in total. The van der Waals surface area contributed by atoms with Gasteiger partial charge in [-0.3, -0.25) is 0 Å². The van der Waals surface area contributed by atoms with Gasteiger partial charge in [-0.2, -0.15) is 0 Å². The zero-order valence-electron chi connectivity index (χ0n) is 17.7. The highest BCUT2D eigenvalue weighted by Gasteiger charge is 2.12. The van der Waals surface area contributed by atoms with Gasteiger partial charge in [0.2, 0.25) is 0 Å². The first-order valence-electron chi connectivity index (χ1n) is 10.9. The molecule has 3 rings (SSSR count). The Balaban J connectivity index is 1.47. The van der Waals surface area contributed by atoms with Gasteiger partial charge < -0.3 is 26.0 Å². The first-order chi connectivity index (χ1) is 15.1. The topological polar surface area (TPSA) is 84.8 Å². The van der Waals surface area contributed by atoms with Crippen LogP contribution in [-0.4, -0.2) is 40.6 Å². The van der Waals surface area contributed by atoms with Crippen LogP contribution < -0.4 is 10.6 Å². The Labute approximate surface area is 184 Å². The molecule has 0 aliphatic carbocycles. The fourth-order valence-corrected chi connectivity index (χ4v) is 3.48. The summed E-state index contributed by atoms with van der Waals surface area (Å²) in [6, 6.07) is 25.4. The van der Waals surface area contributed by atoms with Gasteiger partial charge in [0.25, 0.3) is 0 Å². The lowest BCUT2D eigenvalue weighted by Gasteiger charge is -2.19. The molecule has 0 fully saturated rings. The number of phenols is 1. The maximum Gasteiger partial charge on any atom is 0.140 e. The van der Waals surface area contributed by atoms with Crippen LogP contribution in [0, 0.1) is 0 Å². The number of hydrogen-bond donors (Lipinski definition) is 5. The van der Waals surface area contributed by atoms with E-state index >= 15 is 0 Å². The molecule has 2 atom stereocenters. The number of anilines is 2. The molecule has 0 amide bonds. The van der Waals surface area contributed by atoms with E-state index in [9.17, 15) is 15.3 Å². The van der Waals surface area contributed by atoms with E-state index in [1.807, 2.05) is 54.6 Å². The van der Waals surface area contributed by atoms with Crippen molar-refractivity contribution in [3.8, 4) is 5.75 Å². The number of nitrogens with one attached hydrogen (secondary N) is 2. The monoisotopic (exact) mass is 420 g/mol. The summed E-state index contributed by atoms with van der Waals surface area (Å²) in [5.41, 5.74) is 3.63. The molecule has 164 valence electrons. The molecule has 0 aliphatic rings. The van der Waals surface area contributed by atoms with Crippen molar-refractivity contribution in [2.24, 2.45) is 0 Å². The number of aliphatic hydroxyl groups is 2. The molecule has 0 spiro atoms. The second-order valence-electron chi connectivity index (χ2n) is 7.82. The number of aromatic hydroxyl groups is 1. The largest absolute Gasteiger partial charge is 0.506 e. The van der Waals surface area contributed by atoms with Crippen molar-refractivity contribution < 1.29 is 15.3 Å². The summed E-state index contributed by atoms with van der Waals surface area (Å²) in [5, 5.41) is 37.3. The lowest BCUT2D eigenvalue weighted by Crippen LogP contribution is -2.23. The van der Waals surface area contributed by atoms with E-state index < -0.39 is 12.2 Å². The van der Waals surface area contributed by atoms with Gasteiger partial charge in [0.1, 0.15) is 11.4 Å². The summed E-state index contributed by atoms with van der Waals surface area (Å²) >= 11 is 0. The number of para-hydroxylation sites is 1. The number of hydrogen-bond acceptors (Lipinski definition) is 5. The van der Waals surface area contributed by atoms with Gasteiger partial charge in [0.15, 0.2) is 0 Å². The number of aliphatic hydroxyl groups excluding tert-OH is 2. The standard InChI is InChI=1S/C26H32N2O3/c29-22(16-14-20-8-3-1-4-9-20)18-27-24-12-7-13-25(31)26(24)28-19-23(30)17-15-21-10-5-2-6-11-21/h1-13,22-23,27-31H,14-19H2. The molecule has 0 aromatic heterocycles. The van der Waals surface area contributed by atoms with E-state index in [2.05, 4.69) is 22.8 Å². The van der Waals surface area contributed by atoms with Crippen molar-refractivity contribution in [2.75, 3.05) is 23.7 Å². The highest BCUT2D eigenvalue weighted by molar-refractivity contribution is 5.75. The lowest BCUT2D eigenvalue weighted by molar-refractivity contribution is 0.177. The minimum atomic E-state index is -0.538.